The molecule has 0 aromatic carbocycles. The molecule has 0 aliphatic rings. The molecular formula is C7H9NO2S. The summed E-state index contributed by atoms with van der Waals surface area (Å²) < 4.78 is 0. The van der Waals surface area contributed by atoms with Crippen LogP contribution in [0.2, 0.25) is 0 Å². The Bertz CT molecular complexity index is 304. The Hall–Kier alpha value is -1.03. The summed E-state index contributed by atoms with van der Waals surface area (Å²) in [5, 5.41) is 9.26. The van der Waals surface area contributed by atoms with Crippen LogP contribution >= 0.6 is 11.3 Å². The van der Waals surface area contributed by atoms with E-state index in [4.69, 9.17) is 10.8 Å². The van der Waals surface area contributed by atoms with Gasteiger partial charge in [0, 0.05) is 0 Å². The second-order valence-corrected chi connectivity index (χ2v) is 3.40. The Kier molecular flexibility index (Phi) is 1.87. The van der Waals surface area contributed by atoms with Crippen LogP contribution in [0.1, 0.15) is 20.8 Å². The van der Waals surface area contributed by atoms with Crippen molar-refractivity contribution in [3.63, 3.8) is 0 Å². The molecule has 60 valence electrons. The van der Waals surface area contributed by atoms with Crippen LogP contribution in [0.15, 0.2) is 0 Å². The lowest BCUT2D eigenvalue weighted by Crippen LogP contribution is -1.94. The quantitative estimate of drug-likeness (QED) is 0.675. The van der Waals surface area contributed by atoms with Crippen LogP contribution < -0.4 is 5.73 Å². The van der Waals surface area contributed by atoms with Gasteiger partial charge in [0.05, 0.1) is 5.00 Å². The molecule has 1 heterocycles. The molecule has 1 aromatic rings. The van der Waals surface area contributed by atoms with Gasteiger partial charge in [-0.3, -0.25) is 0 Å². The molecule has 0 saturated carbocycles. The lowest BCUT2D eigenvalue weighted by molar-refractivity contribution is 0.0701. The summed E-state index contributed by atoms with van der Waals surface area (Å²) in [4.78, 5) is 10.9. The standard InChI is InChI=1S/C7H9NO2S/c1-3-4(2)6(8)11-5(3)7(9)10/h8H2,1-2H3,(H,9,10). The minimum absolute atomic E-state index is 0.347. The van der Waals surface area contributed by atoms with E-state index in [9.17, 15) is 4.79 Å². The Morgan fingerprint density at radius 1 is 1.45 bits per heavy atom. The minimum Gasteiger partial charge on any atom is -0.477 e. The maximum atomic E-state index is 10.5. The molecule has 0 saturated heterocycles. The van der Waals surface area contributed by atoms with Gasteiger partial charge in [-0.05, 0) is 25.0 Å². The van der Waals surface area contributed by atoms with E-state index in [1.165, 1.54) is 0 Å². The van der Waals surface area contributed by atoms with Crippen LogP contribution in [0.25, 0.3) is 0 Å². The van der Waals surface area contributed by atoms with Gasteiger partial charge >= 0.3 is 5.97 Å². The predicted molar refractivity (Wildman–Crippen MR) is 45.2 cm³/mol. The lowest BCUT2D eigenvalue weighted by Gasteiger charge is -1.90. The summed E-state index contributed by atoms with van der Waals surface area (Å²) in [6.07, 6.45) is 0. The molecule has 0 unspecified atom stereocenters. The van der Waals surface area contributed by atoms with Crippen LogP contribution in [-0.2, 0) is 0 Å². The number of carbonyl (C=O) groups is 1. The number of hydrogen-bond acceptors (Lipinski definition) is 3. The molecule has 0 amide bonds. The second-order valence-electron chi connectivity index (χ2n) is 2.35. The van der Waals surface area contributed by atoms with Gasteiger partial charge in [-0.15, -0.1) is 11.3 Å². The van der Waals surface area contributed by atoms with Crippen molar-refractivity contribution in [1.82, 2.24) is 0 Å². The third kappa shape index (κ3) is 1.21. The average molecular weight is 171 g/mol. The highest BCUT2D eigenvalue weighted by Gasteiger charge is 2.14. The topological polar surface area (TPSA) is 63.3 Å². The summed E-state index contributed by atoms with van der Waals surface area (Å²) in [5.41, 5.74) is 7.19. The number of hydrogen-bond donors (Lipinski definition) is 2. The van der Waals surface area contributed by atoms with Gasteiger partial charge in [0.25, 0.3) is 0 Å². The number of rotatable bonds is 1. The monoisotopic (exact) mass is 171 g/mol. The van der Waals surface area contributed by atoms with Crippen molar-refractivity contribution in [3.8, 4) is 0 Å². The van der Waals surface area contributed by atoms with Crippen LogP contribution in [0, 0.1) is 13.8 Å². The summed E-state index contributed by atoms with van der Waals surface area (Å²) in [6.45, 7) is 3.60. The fourth-order valence-corrected chi connectivity index (χ4v) is 1.74. The van der Waals surface area contributed by atoms with Gasteiger partial charge < -0.3 is 10.8 Å². The van der Waals surface area contributed by atoms with Crippen LogP contribution in [0.4, 0.5) is 5.00 Å². The number of nitrogen functional groups attached to an aromatic ring is 1. The van der Waals surface area contributed by atoms with E-state index >= 15 is 0 Å². The Morgan fingerprint density at radius 2 is 2.00 bits per heavy atom. The number of carboxylic acids is 1. The van der Waals surface area contributed by atoms with E-state index in [1.54, 1.807) is 6.92 Å². The molecule has 0 spiro atoms. The zero-order chi connectivity index (χ0) is 8.59. The van der Waals surface area contributed by atoms with Crippen molar-refractivity contribution in [1.29, 1.82) is 0 Å². The highest BCUT2D eigenvalue weighted by atomic mass is 32.1. The van der Waals surface area contributed by atoms with Gasteiger partial charge in [0.2, 0.25) is 0 Å². The minimum atomic E-state index is -0.896. The predicted octanol–water partition coefficient (Wildman–Crippen LogP) is 1.65. The first-order valence-corrected chi connectivity index (χ1v) is 3.94. The SMILES string of the molecule is Cc1c(N)sc(C(=O)O)c1C. The number of carboxylic acid groups (broad SMARTS) is 1. The third-order valence-corrected chi connectivity index (χ3v) is 2.89. The van der Waals surface area contributed by atoms with E-state index in [0.717, 1.165) is 22.5 Å². The zero-order valence-electron chi connectivity index (χ0n) is 6.34. The van der Waals surface area contributed by atoms with Crippen molar-refractivity contribution in [2.75, 3.05) is 5.73 Å². The number of aromatic carboxylic acids is 1. The first kappa shape index (κ1) is 8.07. The Labute approximate surface area is 68.5 Å². The number of thiophene rings is 1. The molecule has 0 aliphatic carbocycles. The smallest absolute Gasteiger partial charge is 0.346 e. The molecule has 1 aromatic heterocycles. The van der Waals surface area contributed by atoms with Crippen LogP contribution in [0.3, 0.4) is 0 Å². The summed E-state index contributed by atoms with van der Waals surface area (Å²) >= 11 is 1.13. The highest BCUT2D eigenvalue weighted by molar-refractivity contribution is 7.18. The molecule has 3 nitrogen and oxygen atoms in total. The van der Waals surface area contributed by atoms with Crippen molar-refractivity contribution in [2.24, 2.45) is 0 Å². The average Bonchev–Trinajstić information content (AvgIpc) is 2.17. The van der Waals surface area contributed by atoms with E-state index in [2.05, 4.69) is 0 Å². The molecule has 0 bridgehead atoms. The molecule has 1 rings (SSSR count). The van der Waals surface area contributed by atoms with Crippen LogP contribution in [0.5, 0.6) is 0 Å². The van der Waals surface area contributed by atoms with Crippen LogP contribution in [-0.4, -0.2) is 11.1 Å². The molecule has 11 heavy (non-hydrogen) atoms. The first-order chi connectivity index (χ1) is 5.04. The van der Waals surface area contributed by atoms with E-state index in [0.29, 0.717) is 9.88 Å². The largest absolute Gasteiger partial charge is 0.477 e. The lowest BCUT2D eigenvalue weighted by atomic mass is 10.2. The van der Waals surface area contributed by atoms with Gasteiger partial charge in [-0.1, -0.05) is 0 Å². The van der Waals surface area contributed by atoms with E-state index in [-0.39, 0.29) is 0 Å². The Balaban J connectivity index is 3.29. The number of anilines is 1. The summed E-state index contributed by atoms with van der Waals surface area (Å²) in [7, 11) is 0. The molecule has 4 heteroatoms. The van der Waals surface area contributed by atoms with Gasteiger partial charge in [0.1, 0.15) is 4.88 Å². The van der Waals surface area contributed by atoms with Gasteiger partial charge in [-0.25, -0.2) is 4.79 Å². The third-order valence-electron chi connectivity index (χ3n) is 1.68. The Morgan fingerprint density at radius 3 is 2.18 bits per heavy atom. The maximum Gasteiger partial charge on any atom is 0.346 e. The normalized spacial score (nSPS) is 10.0. The molecule has 3 N–H and O–H groups in total. The molecule has 0 fully saturated rings. The van der Waals surface area contributed by atoms with Crippen molar-refractivity contribution >= 4 is 22.3 Å². The maximum absolute atomic E-state index is 10.5. The molecule has 0 atom stereocenters. The first-order valence-electron chi connectivity index (χ1n) is 3.12. The number of nitrogens with two attached hydrogens (primary N) is 1. The zero-order valence-corrected chi connectivity index (χ0v) is 7.16. The van der Waals surface area contributed by atoms with Crippen molar-refractivity contribution in [2.45, 2.75) is 13.8 Å². The molecule has 0 aliphatic heterocycles. The summed E-state index contributed by atoms with van der Waals surface area (Å²) in [6, 6.07) is 0. The summed E-state index contributed by atoms with van der Waals surface area (Å²) in [5.74, 6) is -0.896. The van der Waals surface area contributed by atoms with Crippen molar-refractivity contribution < 1.29 is 9.90 Å². The van der Waals surface area contributed by atoms with Gasteiger partial charge in [0.15, 0.2) is 0 Å². The van der Waals surface area contributed by atoms with Gasteiger partial charge in [-0.2, -0.15) is 0 Å². The molecular weight excluding hydrogens is 162 g/mol. The van der Waals surface area contributed by atoms with E-state index in [1.807, 2.05) is 6.92 Å². The molecule has 0 radical (unpaired) electrons. The second kappa shape index (κ2) is 2.54. The fourth-order valence-electron chi connectivity index (χ4n) is 0.822. The van der Waals surface area contributed by atoms with E-state index < -0.39 is 5.97 Å². The fraction of sp³-hybridized carbons (Fsp3) is 0.286. The van der Waals surface area contributed by atoms with Crippen molar-refractivity contribution in [3.05, 3.63) is 16.0 Å². The highest BCUT2D eigenvalue weighted by Crippen LogP contribution is 2.29.